The van der Waals surface area contributed by atoms with Crippen molar-refractivity contribution in [3.05, 3.63) is 41.7 Å². The van der Waals surface area contributed by atoms with E-state index in [-0.39, 0.29) is 29.7 Å². The van der Waals surface area contributed by atoms with Crippen molar-refractivity contribution in [1.29, 1.82) is 0 Å². The SMILES string of the molecule is CC(C)C(=O)OC(C)(C)C.CC(C)Nc1ncn[nH]1.CC(C)OC(=O)N1Cc2ccccc2C1. The van der Waals surface area contributed by atoms with Crippen LogP contribution in [-0.2, 0) is 27.4 Å². The molecule has 2 N–H and O–H groups in total. The minimum Gasteiger partial charge on any atom is -0.460 e. The smallest absolute Gasteiger partial charge is 0.410 e. The highest BCUT2D eigenvalue weighted by atomic mass is 16.6. The van der Waals surface area contributed by atoms with E-state index in [0.717, 1.165) is 5.95 Å². The third kappa shape index (κ3) is 11.7. The molecule has 0 bridgehead atoms. The van der Waals surface area contributed by atoms with Gasteiger partial charge in [-0.05, 0) is 59.6 Å². The molecule has 0 atom stereocenters. The number of nitrogens with one attached hydrogen (secondary N) is 2. The number of aromatic nitrogens is 3. The molecule has 9 heteroatoms. The Kier molecular flexibility index (Phi) is 11.5. The number of anilines is 1. The molecule has 1 amide bonds. The average molecular weight is 476 g/mol. The number of hydrogen-bond donors (Lipinski definition) is 2. The van der Waals surface area contributed by atoms with Crippen molar-refractivity contribution in [3.63, 3.8) is 0 Å². The van der Waals surface area contributed by atoms with Crippen molar-refractivity contribution in [2.45, 2.75) is 93.2 Å². The third-order valence-electron chi connectivity index (χ3n) is 4.15. The van der Waals surface area contributed by atoms with Gasteiger partial charge in [0.25, 0.3) is 0 Å². The molecule has 0 unspecified atom stereocenters. The molecule has 3 rings (SSSR count). The molecule has 0 spiro atoms. The van der Waals surface area contributed by atoms with Crippen LogP contribution in [-0.4, -0.2) is 49.9 Å². The molecule has 1 aliphatic heterocycles. The third-order valence-corrected chi connectivity index (χ3v) is 4.15. The molecular formula is C25H41N5O4. The van der Waals surface area contributed by atoms with E-state index in [0.29, 0.717) is 19.1 Å². The van der Waals surface area contributed by atoms with Crippen LogP contribution < -0.4 is 5.32 Å². The zero-order valence-corrected chi connectivity index (χ0v) is 22.0. The maximum atomic E-state index is 11.6. The van der Waals surface area contributed by atoms with Gasteiger partial charge in [-0.25, -0.2) is 14.9 Å². The summed E-state index contributed by atoms with van der Waals surface area (Å²) in [6, 6.07) is 8.50. The Morgan fingerprint density at radius 2 is 1.59 bits per heavy atom. The predicted octanol–water partition coefficient (Wildman–Crippen LogP) is 5.16. The number of hydrogen-bond acceptors (Lipinski definition) is 7. The summed E-state index contributed by atoms with van der Waals surface area (Å²) in [5.41, 5.74) is 2.10. The Balaban J connectivity index is 0.000000268. The molecule has 9 nitrogen and oxygen atoms in total. The fourth-order valence-corrected chi connectivity index (χ4v) is 2.71. The first kappa shape index (κ1) is 28.9. The first-order chi connectivity index (χ1) is 15.8. The number of carbonyl (C=O) groups is 2. The second-order valence-electron chi connectivity index (χ2n) is 9.88. The molecule has 0 aliphatic carbocycles. The van der Waals surface area contributed by atoms with Crippen LogP contribution in [0.1, 0.15) is 73.4 Å². The minimum absolute atomic E-state index is 0.0285. The molecule has 0 fully saturated rings. The summed E-state index contributed by atoms with van der Waals surface area (Å²) in [7, 11) is 0. The summed E-state index contributed by atoms with van der Waals surface area (Å²) in [4.78, 5) is 28.2. The quantitative estimate of drug-likeness (QED) is 0.588. The normalized spacial score (nSPS) is 12.4. The Labute approximate surface area is 203 Å². The molecule has 34 heavy (non-hydrogen) atoms. The van der Waals surface area contributed by atoms with Crippen LogP contribution in [0.2, 0.25) is 0 Å². The van der Waals surface area contributed by atoms with Gasteiger partial charge in [0.15, 0.2) is 0 Å². The Bertz CT molecular complexity index is 849. The summed E-state index contributed by atoms with van der Waals surface area (Å²) >= 11 is 0. The minimum atomic E-state index is -0.346. The molecule has 0 saturated heterocycles. The van der Waals surface area contributed by atoms with Gasteiger partial charge in [-0.15, -0.1) is 0 Å². The number of H-pyrrole nitrogens is 1. The molecule has 0 radical (unpaired) electrons. The zero-order valence-electron chi connectivity index (χ0n) is 22.0. The van der Waals surface area contributed by atoms with Crippen LogP contribution in [0.3, 0.4) is 0 Å². The van der Waals surface area contributed by atoms with Gasteiger partial charge in [0, 0.05) is 19.1 Å². The van der Waals surface area contributed by atoms with E-state index in [1.807, 2.05) is 74.4 Å². The van der Waals surface area contributed by atoms with Crippen LogP contribution in [0.25, 0.3) is 0 Å². The van der Waals surface area contributed by atoms with Crippen molar-refractivity contribution in [3.8, 4) is 0 Å². The number of aromatic amines is 1. The van der Waals surface area contributed by atoms with Crippen molar-refractivity contribution in [1.82, 2.24) is 20.1 Å². The summed E-state index contributed by atoms with van der Waals surface area (Å²) in [5.74, 6) is 0.566. The van der Waals surface area contributed by atoms with E-state index >= 15 is 0 Å². The number of benzene rings is 1. The van der Waals surface area contributed by atoms with Crippen molar-refractivity contribution < 1.29 is 19.1 Å². The lowest BCUT2D eigenvalue weighted by atomic mass is 10.1. The first-order valence-electron chi connectivity index (χ1n) is 11.7. The number of fused-ring (bicyclic) bond motifs is 1. The summed E-state index contributed by atoms with van der Waals surface area (Å²) < 4.78 is 10.2. The summed E-state index contributed by atoms with van der Waals surface area (Å²) in [6.07, 6.45) is 1.20. The zero-order chi connectivity index (χ0) is 25.9. The van der Waals surface area contributed by atoms with Crippen LogP contribution in [0.5, 0.6) is 0 Å². The highest BCUT2D eigenvalue weighted by Gasteiger charge is 2.24. The standard InChI is InChI=1S/C12H15NO2.C8H16O2.C5H10N4/c1-9(2)15-12(14)13-7-10-5-3-4-6-11(10)8-13;1-6(2)7(9)10-8(3,4)5;1-4(2)8-5-6-3-7-9-5/h3-6,9H,7-8H2,1-2H3;6H,1-5H3;3-4H,1-2H3,(H2,6,7,8,9). The lowest BCUT2D eigenvalue weighted by Gasteiger charge is -2.20. The number of carbonyl (C=O) groups excluding carboxylic acids is 2. The second kappa shape index (κ2) is 13.6. The Morgan fingerprint density at radius 3 is 1.94 bits per heavy atom. The monoisotopic (exact) mass is 475 g/mol. The van der Waals surface area contributed by atoms with Gasteiger partial charge in [0.05, 0.1) is 12.0 Å². The number of esters is 1. The van der Waals surface area contributed by atoms with E-state index in [2.05, 4.69) is 32.6 Å². The highest BCUT2D eigenvalue weighted by Crippen LogP contribution is 2.22. The van der Waals surface area contributed by atoms with Crippen molar-refractivity contribution in [2.75, 3.05) is 5.32 Å². The van der Waals surface area contributed by atoms with E-state index in [1.165, 1.54) is 17.5 Å². The molecule has 1 aromatic carbocycles. The van der Waals surface area contributed by atoms with Gasteiger partial charge in [-0.2, -0.15) is 5.10 Å². The molecule has 190 valence electrons. The molecule has 0 saturated carbocycles. The van der Waals surface area contributed by atoms with E-state index in [1.54, 1.807) is 4.90 Å². The van der Waals surface area contributed by atoms with Gasteiger partial charge < -0.3 is 14.8 Å². The Morgan fingerprint density at radius 1 is 1.03 bits per heavy atom. The summed E-state index contributed by atoms with van der Waals surface area (Å²) in [6.45, 7) is 18.4. The molecule has 1 aromatic heterocycles. The second-order valence-corrected chi connectivity index (χ2v) is 9.88. The van der Waals surface area contributed by atoms with Gasteiger partial charge in [-0.3, -0.25) is 9.69 Å². The average Bonchev–Trinajstić information content (AvgIpc) is 3.36. The van der Waals surface area contributed by atoms with Gasteiger partial charge in [-0.1, -0.05) is 38.1 Å². The van der Waals surface area contributed by atoms with Gasteiger partial charge >= 0.3 is 12.1 Å². The number of nitrogens with zero attached hydrogens (tertiary/aromatic N) is 3. The fraction of sp³-hybridized carbons (Fsp3) is 0.600. The van der Waals surface area contributed by atoms with E-state index < -0.39 is 0 Å². The molecular weight excluding hydrogens is 434 g/mol. The molecule has 2 aromatic rings. The maximum Gasteiger partial charge on any atom is 0.410 e. The molecule has 1 aliphatic rings. The van der Waals surface area contributed by atoms with Gasteiger partial charge in [0.1, 0.15) is 11.9 Å². The van der Waals surface area contributed by atoms with Crippen LogP contribution >= 0.6 is 0 Å². The first-order valence-corrected chi connectivity index (χ1v) is 11.7. The largest absolute Gasteiger partial charge is 0.460 e. The van der Waals surface area contributed by atoms with E-state index in [4.69, 9.17) is 9.47 Å². The van der Waals surface area contributed by atoms with Crippen LogP contribution in [0.15, 0.2) is 30.6 Å². The lowest BCUT2D eigenvalue weighted by Crippen LogP contribution is -2.28. The molecule has 2 heterocycles. The summed E-state index contributed by atoms with van der Waals surface area (Å²) in [5, 5.41) is 9.43. The number of ether oxygens (including phenoxy) is 2. The van der Waals surface area contributed by atoms with Crippen molar-refractivity contribution >= 4 is 18.0 Å². The number of amides is 1. The van der Waals surface area contributed by atoms with Crippen LogP contribution in [0, 0.1) is 5.92 Å². The topological polar surface area (TPSA) is 109 Å². The van der Waals surface area contributed by atoms with E-state index in [9.17, 15) is 9.59 Å². The predicted molar refractivity (Wildman–Crippen MR) is 133 cm³/mol. The van der Waals surface area contributed by atoms with Gasteiger partial charge in [0.2, 0.25) is 5.95 Å². The maximum absolute atomic E-state index is 11.6. The van der Waals surface area contributed by atoms with Crippen LogP contribution in [0.4, 0.5) is 10.7 Å². The lowest BCUT2D eigenvalue weighted by molar-refractivity contribution is -0.158. The van der Waals surface area contributed by atoms with Crippen molar-refractivity contribution in [2.24, 2.45) is 5.92 Å². The number of rotatable bonds is 4. The highest BCUT2D eigenvalue weighted by molar-refractivity contribution is 5.71. The Hall–Kier alpha value is -3.10. The fourth-order valence-electron chi connectivity index (χ4n) is 2.71.